The molecular formula is C35H35ClN4O7. The van der Waals surface area contributed by atoms with E-state index in [1.54, 1.807) is 31.3 Å². The predicted octanol–water partition coefficient (Wildman–Crippen LogP) is 5.59. The van der Waals surface area contributed by atoms with E-state index in [0.29, 0.717) is 46.7 Å². The Balaban J connectivity index is 1.28. The highest BCUT2D eigenvalue weighted by molar-refractivity contribution is 6.30. The van der Waals surface area contributed by atoms with Gasteiger partial charge in [-0.15, -0.1) is 0 Å². The van der Waals surface area contributed by atoms with Crippen molar-refractivity contribution in [3.05, 3.63) is 112 Å². The summed E-state index contributed by atoms with van der Waals surface area (Å²) < 4.78 is 22.7. The van der Waals surface area contributed by atoms with Gasteiger partial charge in [0.25, 0.3) is 0 Å². The molecule has 2 atom stereocenters. The van der Waals surface area contributed by atoms with Crippen LogP contribution in [0, 0.1) is 0 Å². The van der Waals surface area contributed by atoms with E-state index in [0.717, 1.165) is 21.9 Å². The SMILES string of the molecule is CCOc1cc([C@H]2NC(=O)NC(C)=C2C(=O)OC)ccc1OC[C@@H](O)N/N=C/c1c(OCc2ccc(Cl)cc2)ccc2ccccc12. The van der Waals surface area contributed by atoms with Gasteiger partial charge in [0.2, 0.25) is 0 Å². The van der Waals surface area contributed by atoms with Gasteiger partial charge in [-0.25, -0.2) is 9.59 Å². The molecule has 12 heteroatoms. The first kappa shape index (κ1) is 33.1. The number of hydrogen-bond donors (Lipinski definition) is 4. The number of allylic oxidation sites excluding steroid dienone is 1. The molecule has 2 amide bonds. The fourth-order valence-corrected chi connectivity index (χ4v) is 5.21. The number of carbonyl (C=O) groups is 2. The van der Waals surface area contributed by atoms with Gasteiger partial charge < -0.3 is 34.7 Å². The van der Waals surface area contributed by atoms with Crippen molar-refractivity contribution in [3.8, 4) is 17.2 Å². The van der Waals surface area contributed by atoms with Gasteiger partial charge in [0.05, 0.1) is 31.5 Å². The lowest BCUT2D eigenvalue weighted by Gasteiger charge is -2.28. The average molecular weight is 659 g/mol. The van der Waals surface area contributed by atoms with Crippen molar-refractivity contribution in [1.29, 1.82) is 0 Å². The van der Waals surface area contributed by atoms with E-state index in [1.807, 2.05) is 67.6 Å². The summed E-state index contributed by atoms with van der Waals surface area (Å²) in [7, 11) is 1.28. The van der Waals surface area contributed by atoms with Crippen molar-refractivity contribution in [2.45, 2.75) is 32.7 Å². The lowest BCUT2D eigenvalue weighted by atomic mass is 9.95. The zero-order valence-corrected chi connectivity index (χ0v) is 26.8. The molecule has 47 heavy (non-hydrogen) atoms. The van der Waals surface area contributed by atoms with Crippen LogP contribution in [0.5, 0.6) is 17.2 Å². The Hall–Kier alpha value is -5.26. The number of nitrogens with one attached hydrogen (secondary N) is 3. The lowest BCUT2D eigenvalue weighted by Crippen LogP contribution is -2.45. The molecule has 0 aliphatic carbocycles. The molecule has 0 bridgehead atoms. The summed E-state index contributed by atoms with van der Waals surface area (Å²) >= 11 is 6.01. The number of benzene rings is 4. The van der Waals surface area contributed by atoms with Crippen LogP contribution < -0.4 is 30.3 Å². The van der Waals surface area contributed by atoms with E-state index in [9.17, 15) is 14.7 Å². The zero-order valence-electron chi connectivity index (χ0n) is 26.1. The third kappa shape index (κ3) is 8.13. The number of hydrazone groups is 1. The van der Waals surface area contributed by atoms with Crippen LogP contribution in [0.25, 0.3) is 10.8 Å². The first-order valence-electron chi connectivity index (χ1n) is 14.9. The van der Waals surface area contributed by atoms with Crippen LogP contribution >= 0.6 is 11.6 Å². The maximum atomic E-state index is 12.5. The monoisotopic (exact) mass is 658 g/mol. The number of rotatable bonds is 13. The molecule has 0 fully saturated rings. The number of amides is 2. The smallest absolute Gasteiger partial charge is 0.337 e. The number of ether oxygens (including phenoxy) is 4. The number of hydrogen-bond acceptors (Lipinski definition) is 9. The van der Waals surface area contributed by atoms with Crippen LogP contribution in [0.4, 0.5) is 4.79 Å². The number of urea groups is 1. The fourth-order valence-electron chi connectivity index (χ4n) is 5.09. The third-order valence-corrected chi connectivity index (χ3v) is 7.58. The molecule has 0 aromatic heterocycles. The molecule has 1 aliphatic rings. The quantitative estimate of drug-likeness (QED) is 0.0631. The molecule has 1 heterocycles. The van der Waals surface area contributed by atoms with Crippen LogP contribution in [-0.4, -0.2) is 49.9 Å². The zero-order chi connectivity index (χ0) is 33.3. The summed E-state index contributed by atoms with van der Waals surface area (Å²) in [6.45, 7) is 3.95. The molecule has 0 unspecified atom stereocenters. The molecule has 4 N–H and O–H groups in total. The highest BCUT2D eigenvalue weighted by atomic mass is 35.5. The third-order valence-electron chi connectivity index (χ3n) is 7.33. The number of methoxy groups -OCH3 is 1. The Kier molecular flexibility index (Phi) is 10.8. The van der Waals surface area contributed by atoms with Crippen molar-refractivity contribution in [2.75, 3.05) is 20.3 Å². The van der Waals surface area contributed by atoms with Crippen molar-refractivity contribution in [3.63, 3.8) is 0 Å². The summed E-state index contributed by atoms with van der Waals surface area (Å²) in [6, 6.07) is 23.0. The summed E-state index contributed by atoms with van der Waals surface area (Å²) in [5.41, 5.74) is 5.65. The van der Waals surface area contributed by atoms with Gasteiger partial charge in [-0.1, -0.05) is 60.1 Å². The molecule has 1 aliphatic heterocycles. The van der Waals surface area contributed by atoms with Crippen LogP contribution in [0.2, 0.25) is 5.02 Å². The number of fused-ring (bicyclic) bond motifs is 1. The van der Waals surface area contributed by atoms with Crippen LogP contribution in [0.3, 0.4) is 0 Å². The molecule has 11 nitrogen and oxygen atoms in total. The van der Waals surface area contributed by atoms with Crippen LogP contribution in [0.1, 0.15) is 36.6 Å². The number of carbonyl (C=O) groups excluding carboxylic acids is 2. The maximum absolute atomic E-state index is 12.5. The van der Waals surface area contributed by atoms with E-state index >= 15 is 0 Å². The fraction of sp³-hybridized carbons (Fsp3) is 0.229. The van der Waals surface area contributed by atoms with Crippen LogP contribution in [-0.2, 0) is 16.1 Å². The summed E-state index contributed by atoms with van der Waals surface area (Å²) in [6.07, 6.45) is 0.430. The van der Waals surface area contributed by atoms with E-state index in [1.165, 1.54) is 7.11 Å². The maximum Gasteiger partial charge on any atom is 0.337 e. The number of esters is 1. The van der Waals surface area contributed by atoms with Gasteiger partial charge >= 0.3 is 12.0 Å². The number of aliphatic hydroxyl groups is 1. The molecule has 5 rings (SSSR count). The second-order valence-corrected chi connectivity index (χ2v) is 11.0. The predicted molar refractivity (Wildman–Crippen MR) is 179 cm³/mol. The Morgan fingerprint density at radius 1 is 1.02 bits per heavy atom. The number of nitrogens with zero attached hydrogens (tertiary/aromatic N) is 1. The molecule has 244 valence electrons. The van der Waals surface area contributed by atoms with Crippen molar-refractivity contribution in [1.82, 2.24) is 16.1 Å². The van der Waals surface area contributed by atoms with Crippen molar-refractivity contribution in [2.24, 2.45) is 5.10 Å². The Morgan fingerprint density at radius 2 is 1.79 bits per heavy atom. The number of aliphatic hydroxyl groups excluding tert-OH is 1. The first-order chi connectivity index (χ1) is 22.8. The average Bonchev–Trinajstić information content (AvgIpc) is 3.07. The molecule has 4 aromatic carbocycles. The first-order valence-corrected chi connectivity index (χ1v) is 15.3. The van der Waals surface area contributed by atoms with Crippen molar-refractivity contribution >= 4 is 40.6 Å². The van der Waals surface area contributed by atoms with Gasteiger partial charge in [0.15, 0.2) is 17.7 Å². The summed E-state index contributed by atoms with van der Waals surface area (Å²) in [5, 5.41) is 22.9. The van der Waals surface area contributed by atoms with E-state index in [4.69, 9.17) is 30.5 Å². The molecular weight excluding hydrogens is 624 g/mol. The molecule has 0 saturated heterocycles. The van der Waals surface area contributed by atoms with E-state index in [2.05, 4.69) is 21.2 Å². The topological polar surface area (TPSA) is 140 Å². The highest BCUT2D eigenvalue weighted by Crippen LogP contribution is 2.35. The van der Waals surface area contributed by atoms with E-state index in [-0.39, 0.29) is 12.2 Å². The molecule has 0 spiro atoms. The van der Waals surface area contributed by atoms with Gasteiger partial charge in [0, 0.05) is 16.3 Å². The Bertz CT molecular complexity index is 1810. The number of halogens is 1. The summed E-state index contributed by atoms with van der Waals surface area (Å²) in [4.78, 5) is 24.7. The van der Waals surface area contributed by atoms with E-state index < -0.39 is 24.3 Å². The van der Waals surface area contributed by atoms with Gasteiger partial charge in [-0.3, -0.25) is 5.43 Å². The highest BCUT2D eigenvalue weighted by Gasteiger charge is 2.32. The van der Waals surface area contributed by atoms with Crippen LogP contribution in [0.15, 0.2) is 95.2 Å². The standard InChI is InChI=1S/C35H35ClN4O7/c1-4-45-30-17-24(33-32(34(42)44-3)21(2)38-35(43)39-33)12-16-29(30)47-20-31(41)40-37-18-27-26-8-6-5-7-23(26)11-15-28(27)46-19-22-9-13-25(36)14-10-22/h5-18,31,33,40-41H,4,19-20H2,1-3H3,(H2,38,39,43)/b37-18+/t31-,33-/m1/s1. The summed E-state index contributed by atoms with van der Waals surface area (Å²) in [5.74, 6) is 0.778. The Morgan fingerprint density at radius 3 is 2.55 bits per heavy atom. The molecule has 0 saturated carbocycles. The normalized spacial score (nSPS) is 15.2. The molecule has 4 aromatic rings. The minimum absolute atomic E-state index is 0.164. The largest absolute Gasteiger partial charge is 0.490 e. The lowest BCUT2D eigenvalue weighted by molar-refractivity contribution is -0.136. The minimum atomic E-state index is -1.17. The Labute approximate surface area is 277 Å². The minimum Gasteiger partial charge on any atom is -0.490 e. The second-order valence-electron chi connectivity index (χ2n) is 10.5. The van der Waals surface area contributed by atoms with Gasteiger partial charge in [-0.05, 0) is 66.1 Å². The van der Waals surface area contributed by atoms with Gasteiger partial charge in [0.1, 0.15) is 19.0 Å². The van der Waals surface area contributed by atoms with Gasteiger partial charge in [-0.2, -0.15) is 5.10 Å². The molecule has 0 radical (unpaired) electrons. The second kappa shape index (κ2) is 15.4. The van der Waals surface area contributed by atoms with Crippen molar-refractivity contribution < 1.29 is 33.6 Å².